The van der Waals surface area contributed by atoms with Gasteiger partial charge in [-0.05, 0) is 55.1 Å². The topological polar surface area (TPSA) is 83.5 Å². The molecule has 6 rings (SSSR count). The van der Waals surface area contributed by atoms with Crippen molar-refractivity contribution in [3.8, 4) is 5.95 Å². The van der Waals surface area contributed by atoms with Gasteiger partial charge in [0.25, 0.3) is 0 Å². The smallest absolute Gasteiger partial charge is 0.236 e. The van der Waals surface area contributed by atoms with Crippen LogP contribution in [0.2, 0.25) is 0 Å². The fourth-order valence-electron chi connectivity index (χ4n) is 4.53. The van der Waals surface area contributed by atoms with E-state index in [9.17, 15) is 4.39 Å². The largest absolute Gasteiger partial charge is 0.338 e. The molecule has 1 atom stereocenters. The Morgan fingerprint density at radius 1 is 1.12 bits per heavy atom. The Hall–Kier alpha value is -3.78. The van der Waals surface area contributed by atoms with Gasteiger partial charge >= 0.3 is 0 Å². The van der Waals surface area contributed by atoms with Crippen LogP contribution in [0.25, 0.3) is 27.8 Å². The lowest BCUT2D eigenvalue weighted by Crippen LogP contribution is -2.28. The highest BCUT2D eigenvalue weighted by Crippen LogP contribution is 2.33. The molecule has 1 saturated heterocycles. The summed E-state index contributed by atoms with van der Waals surface area (Å²) in [6.07, 6.45) is 7.37. The summed E-state index contributed by atoms with van der Waals surface area (Å²) in [5.41, 5.74) is 3.95. The van der Waals surface area contributed by atoms with E-state index < -0.39 is 5.82 Å². The van der Waals surface area contributed by atoms with E-state index in [4.69, 9.17) is 0 Å². The van der Waals surface area contributed by atoms with E-state index >= 15 is 0 Å². The van der Waals surface area contributed by atoms with Gasteiger partial charge in [0.2, 0.25) is 5.95 Å². The number of aromatic nitrogens is 5. The average Bonchev–Trinajstić information content (AvgIpc) is 3.46. The van der Waals surface area contributed by atoms with Gasteiger partial charge in [-0.2, -0.15) is 10.1 Å². The lowest BCUT2D eigenvalue weighted by molar-refractivity contribution is 0.463. The molecule has 8 heteroatoms. The number of H-pyrrole nitrogens is 1. The van der Waals surface area contributed by atoms with Gasteiger partial charge in [0, 0.05) is 29.2 Å². The summed E-state index contributed by atoms with van der Waals surface area (Å²) < 4.78 is 16.6. The summed E-state index contributed by atoms with van der Waals surface area (Å²) in [5.74, 6) is 0.504. The second-order valence-electron chi connectivity index (χ2n) is 8.18. The van der Waals surface area contributed by atoms with Crippen molar-refractivity contribution in [3.05, 3.63) is 72.4 Å². The van der Waals surface area contributed by atoms with Crippen molar-refractivity contribution in [3.63, 3.8) is 0 Å². The van der Waals surface area contributed by atoms with E-state index in [-0.39, 0.29) is 5.82 Å². The van der Waals surface area contributed by atoms with Crippen LogP contribution in [-0.4, -0.2) is 37.8 Å². The molecule has 7 nitrogen and oxygen atoms in total. The minimum Gasteiger partial charge on any atom is -0.338 e. The van der Waals surface area contributed by atoms with E-state index in [0.717, 1.165) is 48.0 Å². The second kappa shape index (κ2) is 7.72. The molecule has 0 amide bonds. The Morgan fingerprint density at radius 3 is 2.97 bits per heavy atom. The Morgan fingerprint density at radius 2 is 2.06 bits per heavy atom. The monoisotopic (exact) mass is 427 g/mol. The molecule has 1 aliphatic rings. The molecule has 0 spiro atoms. The zero-order valence-corrected chi connectivity index (χ0v) is 17.3. The first-order valence-electron chi connectivity index (χ1n) is 10.8. The standard InChI is InChI=1S/C24H22FN7/c25-20-13-27-24(30-23(20)29-17-7-8-21-16(10-17)12-28-31-21)32-14-19(15-4-3-9-26-11-15)18-5-1-2-6-22(18)32/h1-2,5-8,10,12-15,26H,3-4,9,11H2,(H,28,31)(H,27,29,30). The summed E-state index contributed by atoms with van der Waals surface area (Å²) in [5, 5.41) is 15.7. The first-order chi connectivity index (χ1) is 15.8. The second-order valence-corrected chi connectivity index (χ2v) is 8.18. The molecule has 0 aliphatic carbocycles. The van der Waals surface area contributed by atoms with Crippen molar-refractivity contribution in [2.45, 2.75) is 18.8 Å². The van der Waals surface area contributed by atoms with Crippen molar-refractivity contribution in [1.29, 1.82) is 0 Å². The number of piperidine rings is 1. The van der Waals surface area contributed by atoms with Gasteiger partial charge in [-0.15, -0.1) is 0 Å². The number of anilines is 2. The molecule has 5 aromatic rings. The van der Waals surface area contributed by atoms with Gasteiger partial charge in [0.15, 0.2) is 11.6 Å². The number of aromatic amines is 1. The predicted molar refractivity (Wildman–Crippen MR) is 123 cm³/mol. The number of hydrogen-bond donors (Lipinski definition) is 3. The number of benzene rings is 2. The highest BCUT2D eigenvalue weighted by atomic mass is 19.1. The summed E-state index contributed by atoms with van der Waals surface area (Å²) in [4.78, 5) is 8.85. The maximum absolute atomic E-state index is 14.6. The lowest BCUT2D eigenvalue weighted by Gasteiger charge is -2.22. The summed E-state index contributed by atoms with van der Waals surface area (Å²) in [6.45, 7) is 2.03. The van der Waals surface area contributed by atoms with Crippen LogP contribution in [0.4, 0.5) is 15.9 Å². The molecule has 1 fully saturated rings. The van der Waals surface area contributed by atoms with Gasteiger partial charge in [0.05, 0.1) is 23.4 Å². The Kier molecular flexibility index (Phi) is 4.57. The zero-order chi connectivity index (χ0) is 21.5. The SMILES string of the molecule is Fc1cnc(-n2cc(C3CCCNC3)c3ccccc32)nc1Nc1ccc2[nH]ncc2c1. The Balaban J connectivity index is 1.41. The van der Waals surface area contributed by atoms with E-state index in [0.29, 0.717) is 11.9 Å². The fraction of sp³-hybridized carbons (Fsp3) is 0.208. The quantitative estimate of drug-likeness (QED) is 0.389. The number of rotatable bonds is 4. The minimum atomic E-state index is -0.505. The van der Waals surface area contributed by atoms with E-state index in [1.807, 2.05) is 28.8 Å². The number of nitrogens with zero attached hydrogens (tertiary/aromatic N) is 4. The molecule has 2 aromatic carbocycles. The molecule has 1 aliphatic heterocycles. The molecule has 0 radical (unpaired) electrons. The van der Waals surface area contributed by atoms with Crippen LogP contribution in [0, 0.1) is 5.82 Å². The van der Waals surface area contributed by atoms with Crippen molar-refractivity contribution in [2.75, 3.05) is 18.4 Å². The van der Waals surface area contributed by atoms with Crippen LogP contribution < -0.4 is 10.6 Å². The van der Waals surface area contributed by atoms with Crippen molar-refractivity contribution in [2.24, 2.45) is 0 Å². The summed E-state index contributed by atoms with van der Waals surface area (Å²) >= 11 is 0. The van der Waals surface area contributed by atoms with Gasteiger partial charge in [0.1, 0.15) is 0 Å². The summed E-state index contributed by atoms with van der Waals surface area (Å²) in [6, 6.07) is 13.9. The highest BCUT2D eigenvalue weighted by molar-refractivity contribution is 5.86. The molecule has 160 valence electrons. The van der Waals surface area contributed by atoms with Crippen LogP contribution in [-0.2, 0) is 0 Å². The molecule has 3 N–H and O–H groups in total. The molecule has 1 unspecified atom stereocenters. The maximum Gasteiger partial charge on any atom is 0.236 e. The van der Waals surface area contributed by atoms with Crippen LogP contribution in [0.1, 0.15) is 24.3 Å². The molecule has 0 saturated carbocycles. The number of fused-ring (bicyclic) bond motifs is 2. The van der Waals surface area contributed by atoms with E-state index in [2.05, 4.69) is 55.2 Å². The Bertz CT molecular complexity index is 1410. The highest BCUT2D eigenvalue weighted by Gasteiger charge is 2.21. The van der Waals surface area contributed by atoms with Crippen LogP contribution >= 0.6 is 0 Å². The average molecular weight is 427 g/mol. The van der Waals surface area contributed by atoms with Crippen molar-refractivity contribution in [1.82, 2.24) is 30.0 Å². The number of halogens is 1. The van der Waals surface area contributed by atoms with Gasteiger partial charge in [-0.25, -0.2) is 9.37 Å². The third-order valence-corrected chi connectivity index (χ3v) is 6.13. The normalized spacial score (nSPS) is 16.6. The van der Waals surface area contributed by atoms with Gasteiger partial charge < -0.3 is 10.6 Å². The first kappa shape index (κ1) is 18.9. The maximum atomic E-state index is 14.6. The van der Waals surface area contributed by atoms with Crippen molar-refractivity contribution >= 4 is 33.3 Å². The van der Waals surface area contributed by atoms with E-state index in [1.165, 1.54) is 17.1 Å². The van der Waals surface area contributed by atoms with Crippen LogP contribution in [0.5, 0.6) is 0 Å². The first-order valence-corrected chi connectivity index (χ1v) is 10.8. The van der Waals surface area contributed by atoms with Crippen molar-refractivity contribution < 1.29 is 4.39 Å². The third-order valence-electron chi connectivity index (χ3n) is 6.13. The summed E-state index contributed by atoms with van der Waals surface area (Å²) in [7, 11) is 0. The van der Waals surface area contributed by atoms with Crippen LogP contribution in [0.3, 0.4) is 0 Å². The molecular weight excluding hydrogens is 405 g/mol. The van der Waals surface area contributed by atoms with E-state index in [1.54, 1.807) is 6.20 Å². The molecule has 4 heterocycles. The third kappa shape index (κ3) is 3.29. The lowest BCUT2D eigenvalue weighted by atomic mass is 9.91. The predicted octanol–water partition coefficient (Wildman–Crippen LogP) is 4.65. The molecule has 3 aromatic heterocycles. The van der Waals surface area contributed by atoms with Gasteiger partial charge in [-0.1, -0.05) is 18.2 Å². The molecular formula is C24H22FN7. The number of hydrogen-bond acceptors (Lipinski definition) is 5. The number of nitrogens with one attached hydrogen (secondary N) is 3. The molecule has 0 bridgehead atoms. The van der Waals surface area contributed by atoms with Gasteiger partial charge in [-0.3, -0.25) is 9.67 Å². The fourth-order valence-corrected chi connectivity index (χ4v) is 4.53. The zero-order valence-electron chi connectivity index (χ0n) is 17.3. The van der Waals surface area contributed by atoms with Crippen LogP contribution in [0.15, 0.2) is 61.1 Å². The Labute approximate surface area is 183 Å². The minimum absolute atomic E-state index is 0.136. The number of para-hydroxylation sites is 1. The molecule has 32 heavy (non-hydrogen) atoms.